The number of aryl methyl sites for hydroxylation is 1. The lowest BCUT2D eigenvalue weighted by molar-refractivity contribution is -0.142. The van der Waals surface area contributed by atoms with Crippen LogP contribution in [-0.2, 0) is 6.18 Å². The van der Waals surface area contributed by atoms with E-state index in [9.17, 15) is 18.0 Å². The number of hydrogen-bond donors (Lipinski definition) is 0. The molecule has 1 aromatic carbocycles. The first-order chi connectivity index (χ1) is 15.3. The van der Waals surface area contributed by atoms with Crippen molar-refractivity contribution < 1.29 is 22.5 Å². The number of amides is 1. The van der Waals surface area contributed by atoms with Crippen LogP contribution in [-0.4, -0.2) is 37.1 Å². The highest BCUT2D eigenvalue weighted by Gasteiger charge is 2.38. The van der Waals surface area contributed by atoms with Crippen LogP contribution in [0.5, 0.6) is 0 Å². The summed E-state index contributed by atoms with van der Waals surface area (Å²) >= 11 is 0. The zero-order valence-corrected chi connectivity index (χ0v) is 17.0. The van der Waals surface area contributed by atoms with Gasteiger partial charge in [-0.25, -0.2) is 9.50 Å². The van der Waals surface area contributed by atoms with Crippen molar-refractivity contribution in [1.29, 1.82) is 0 Å². The molecule has 1 amide bonds. The molecule has 0 saturated carbocycles. The van der Waals surface area contributed by atoms with Crippen LogP contribution >= 0.6 is 0 Å². The zero-order chi connectivity index (χ0) is 22.5. The molecule has 7 nitrogen and oxygen atoms in total. The van der Waals surface area contributed by atoms with Crippen molar-refractivity contribution in [3.05, 3.63) is 71.4 Å². The first-order valence-corrected chi connectivity index (χ1v) is 10.1. The molecule has 0 radical (unpaired) electrons. The van der Waals surface area contributed by atoms with Crippen molar-refractivity contribution in [2.75, 3.05) is 6.54 Å². The number of carbonyl (C=O) groups excluding carboxylic acids is 1. The van der Waals surface area contributed by atoms with E-state index in [1.807, 2.05) is 0 Å². The fourth-order valence-electron chi connectivity index (χ4n) is 4.09. The number of halogens is 3. The van der Waals surface area contributed by atoms with Gasteiger partial charge in [0.1, 0.15) is 17.0 Å². The van der Waals surface area contributed by atoms with E-state index in [2.05, 4.69) is 15.2 Å². The lowest BCUT2D eigenvalue weighted by Gasteiger charge is -2.22. The van der Waals surface area contributed by atoms with Gasteiger partial charge in [-0.15, -0.1) is 0 Å². The van der Waals surface area contributed by atoms with E-state index in [-0.39, 0.29) is 22.9 Å². The maximum Gasteiger partial charge on any atom is 0.433 e. The molecule has 3 aromatic heterocycles. The third-order valence-corrected chi connectivity index (χ3v) is 5.56. The quantitative estimate of drug-likeness (QED) is 0.461. The molecule has 4 aromatic rings. The van der Waals surface area contributed by atoms with E-state index in [0.717, 1.165) is 18.7 Å². The molecule has 5 rings (SSSR count). The molecule has 0 spiro atoms. The third-order valence-electron chi connectivity index (χ3n) is 5.56. The van der Waals surface area contributed by atoms with Gasteiger partial charge in [-0.3, -0.25) is 4.79 Å². The Bertz CT molecular complexity index is 1300. The predicted octanol–water partition coefficient (Wildman–Crippen LogP) is 4.69. The number of aromatic nitrogens is 4. The number of rotatable bonds is 3. The predicted molar refractivity (Wildman–Crippen MR) is 108 cm³/mol. The number of alkyl halides is 3. The van der Waals surface area contributed by atoms with Gasteiger partial charge in [0.25, 0.3) is 5.91 Å². The first-order valence-electron chi connectivity index (χ1n) is 10.1. The summed E-state index contributed by atoms with van der Waals surface area (Å²) in [7, 11) is 0. The molecule has 1 fully saturated rings. The number of nitrogens with zero attached hydrogens (tertiary/aromatic N) is 5. The average molecular weight is 441 g/mol. The summed E-state index contributed by atoms with van der Waals surface area (Å²) in [6, 6.07) is 10.9. The standard InChI is InChI=1S/C22H18F3N5O2/c1-13-10-17(28-32-13)18-8-5-9-29(18)21(31)15-12-26-30-19(22(23,24)25)11-16(27-20(15)30)14-6-3-2-4-7-14/h2-4,6-7,10-12,18H,5,8-9H2,1H3. The minimum absolute atomic E-state index is 0.0143. The Morgan fingerprint density at radius 3 is 2.66 bits per heavy atom. The molecule has 32 heavy (non-hydrogen) atoms. The summed E-state index contributed by atoms with van der Waals surface area (Å²) in [5.41, 5.74) is 0.137. The highest BCUT2D eigenvalue weighted by molar-refractivity contribution is 6.00. The van der Waals surface area contributed by atoms with Gasteiger partial charge in [-0.1, -0.05) is 35.5 Å². The fourth-order valence-corrected chi connectivity index (χ4v) is 4.09. The Labute approximate surface area is 180 Å². The molecule has 10 heteroatoms. The molecular formula is C22H18F3N5O2. The molecule has 1 unspecified atom stereocenters. The maximum atomic E-state index is 13.8. The van der Waals surface area contributed by atoms with Crippen LogP contribution in [0.25, 0.3) is 16.9 Å². The van der Waals surface area contributed by atoms with Crippen LogP contribution in [0.1, 0.15) is 46.4 Å². The van der Waals surface area contributed by atoms with Crippen molar-refractivity contribution >= 4 is 11.6 Å². The van der Waals surface area contributed by atoms with E-state index < -0.39 is 17.8 Å². The van der Waals surface area contributed by atoms with E-state index in [4.69, 9.17) is 4.52 Å². The van der Waals surface area contributed by atoms with Crippen molar-refractivity contribution in [1.82, 2.24) is 24.7 Å². The largest absolute Gasteiger partial charge is 0.433 e. The highest BCUT2D eigenvalue weighted by atomic mass is 19.4. The van der Waals surface area contributed by atoms with Crippen molar-refractivity contribution in [3.8, 4) is 11.3 Å². The Balaban J connectivity index is 1.62. The Morgan fingerprint density at radius 2 is 1.97 bits per heavy atom. The number of benzene rings is 1. The van der Waals surface area contributed by atoms with Gasteiger partial charge in [0.2, 0.25) is 0 Å². The van der Waals surface area contributed by atoms with Gasteiger partial charge in [-0.2, -0.15) is 18.3 Å². The first kappa shape index (κ1) is 20.2. The molecule has 0 N–H and O–H groups in total. The second-order valence-corrected chi connectivity index (χ2v) is 7.70. The Hall–Kier alpha value is -3.69. The van der Waals surface area contributed by atoms with E-state index >= 15 is 0 Å². The van der Waals surface area contributed by atoms with Crippen LogP contribution in [0.15, 0.2) is 53.2 Å². The summed E-state index contributed by atoms with van der Waals surface area (Å²) in [4.78, 5) is 19.4. The summed E-state index contributed by atoms with van der Waals surface area (Å²) in [5.74, 6) is 0.188. The van der Waals surface area contributed by atoms with Crippen LogP contribution in [0.3, 0.4) is 0 Å². The minimum Gasteiger partial charge on any atom is -0.361 e. The van der Waals surface area contributed by atoms with Crippen molar-refractivity contribution in [2.24, 2.45) is 0 Å². The van der Waals surface area contributed by atoms with Gasteiger partial charge in [-0.05, 0) is 25.8 Å². The van der Waals surface area contributed by atoms with Crippen molar-refractivity contribution in [2.45, 2.75) is 32.0 Å². The molecule has 1 aliphatic rings. The summed E-state index contributed by atoms with van der Waals surface area (Å²) < 4.78 is 47.3. The maximum absolute atomic E-state index is 13.8. The third kappa shape index (κ3) is 3.41. The van der Waals surface area contributed by atoms with Crippen LogP contribution < -0.4 is 0 Å². The lowest BCUT2D eigenvalue weighted by atomic mass is 10.1. The molecule has 4 heterocycles. The SMILES string of the molecule is Cc1cc(C2CCCN2C(=O)c2cnn3c(C(F)(F)F)cc(-c4ccccc4)nc23)no1. The highest BCUT2D eigenvalue weighted by Crippen LogP contribution is 2.35. The number of fused-ring (bicyclic) bond motifs is 1. The molecule has 0 bridgehead atoms. The van der Waals surface area contributed by atoms with Crippen LogP contribution in [0, 0.1) is 6.92 Å². The second kappa shape index (κ2) is 7.47. The fraction of sp³-hybridized carbons (Fsp3) is 0.273. The minimum atomic E-state index is -4.68. The van der Waals surface area contributed by atoms with Crippen LogP contribution in [0.4, 0.5) is 13.2 Å². The molecule has 1 aliphatic heterocycles. The Kier molecular flexibility index (Phi) is 4.72. The number of hydrogen-bond acceptors (Lipinski definition) is 5. The second-order valence-electron chi connectivity index (χ2n) is 7.70. The smallest absolute Gasteiger partial charge is 0.361 e. The van der Waals surface area contributed by atoms with Crippen molar-refractivity contribution in [3.63, 3.8) is 0 Å². The molecule has 0 aliphatic carbocycles. The monoisotopic (exact) mass is 441 g/mol. The summed E-state index contributed by atoms with van der Waals surface area (Å²) in [6.07, 6.45) is -2.09. The average Bonchev–Trinajstić information content (AvgIpc) is 3.51. The normalized spacial score (nSPS) is 16.8. The zero-order valence-electron chi connectivity index (χ0n) is 17.0. The Morgan fingerprint density at radius 1 is 1.19 bits per heavy atom. The van der Waals surface area contributed by atoms with Gasteiger partial charge < -0.3 is 9.42 Å². The van der Waals surface area contributed by atoms with Gasteiger partial charge in [0, 0.05) is 18.2 Å². The molecule has 1 saturated heterocycles. The van der Waals surface area contributed by atoms with E-state index in [1.54, 1.807) is 48.2 Å². The van der Waals surface area contributed by atoms with Gasteiger partial charge in [0.05, 0.1) is 17.9 Å². The molecular weight excluding hydrogens is 423 g/mol. The van der Waals surface area contributed by atoms with E-state index in [1.165, 1.54) is 0 Å². The lowest BCUT2D eigenvalue weighted by Crippen LogP contribution is -2.30. The van der Waals surface area contributed by atoms with E-state index in [0.29, 0.717) is 34.5 Å². The summed E-state index contributed by atoms with van der Waals surface area (Å²) in [5, 5.41) is 7.89. The van der Waals surface area contributed by atoms with Crippen LogP contribution in [0.2, 0.25) is 0 Å². The molecule has 164 valence electrons. The summed E-state index contributed by atoms with van der Waals surface area (Å²) in [6.45, 7) is 2.22. The topological polar surface area (TPSA) is 76.5 Å². The van der Waals surface area contributed by atoms with Gasteiger partial charge in [0.15, 0.2) is 11.3 Å². The molecule has 1 atom stereocenters. The number of carbonyl (C=O) groups is 1. The van der Waals surface area contributed by atoms with Gasteiger partial charge >= 0.3 is 6.18 Å². The number of likely N-dealkylation sites (tertiary alicyclic amines) is 1.